The van der Waals surface area contributed by atoms with Crippen molar-refractivity contribution in [2.24, 2.45) is 5.92 Å². The highest BCUT2D eigenvalue weighted by atomic mass is 16.5. The molecule has 3 fully saturated rings. The zero-order chi connectivity index (χ0) is 5.61. The van der Waals surface area contributed by atoms with Crippen molar-refractivity contribution < 1.29 is 4.74 Å². The second kappa shape index (κ2) is 1.27. The van der Waals surface area contributed by atoms with Gasteiger partial charge in [0.15, 0.2) is 0 Å². The first kappa shape index (κ1) is 4.80. The monoisotopic (exact) mass is 111 g/mol. The maximum absolute atomic E-state index is 5.50. The van der Waals surface area contributed by atoms with Gasteiger partial charge in [0.1, 0.15) is 0 Å². The first-order valence-electron chi connectivity index (χ1n) is 3.28. The Labute approximate surface area is 50.0 Å². The number of hydrogen-bond donors (Lipinski definition) is 0. The van der Waals surface area contributed by atoms with Crippen LogP contribution in [0.4, 0.5) is 0 Å². The van der Waals surface area contributed by atoms with Crippen LogP contribution in [0.1, 0.15) is 19.3 Å². The normalized spacial score (nSPS) is 51.4. The quantitative estimate of drug-likeness (QED) is 0.497. The van der Waals surface area contributed by atoms with E-state index in [0.29, 0.717) is 0 Å². The van der Waals surface area contributed by atoms with Crippen LogP contribution >= 0.6 is 0 Å². The van der Waals surface area contributed by atoms with E-state index in [1.165, 1.54) is 12.8 Å². The van der Waals surface area contributed by atoms with Gasteiger partial charge < -0.3 is 4.74 Å². The Kier molecular flexibility index (Phi) is 0.762. The molecule has 2 heterocycles. The highest BCUT2D eigenvalue weighted by Crippen LogP contribution is 2.49. The van der Waals surface area contributed by atoms with Gasteiger partial charge in [0.05, 0.1) is 12.2 Å². The summed E-state index contributed by atoms with van der Waals surface area (Å²) in [5, 5.41) is 0. The molecule has 2 saturated heterocycles. The summed E-state index contributed by atoms with van der Waals surface area (Å²) < 4.78 is 5.50. The minimum atomic E-state index is 0.269. The summed E-state index contributed by atoms with van der Waals surface area (Å²) >= 11 is 0. The van der Waals surface area contributed by atoms with Crippen LogP contribution in [0.3, 0.4) is 0 Å². The van der Waals surface area contributed by atoms with Gasteiger partial charge in [-0.25, -0.2) is 0 Å². The van der Waals surface area contributed by atoms with Crippen molar-refractivity contribution in [3.63, 3.8) is 0 Å². The lowest BCUT2D eigenvalue weighted by atomic mass is 9.73. The second-order valence-corrected chi connectivity index (χ2v) is 3.02. The molecule has 0 unspecified atom stereocenters. The van der Waals surface area contributed by atoms with Gasteiger partial charge in [0.2, 0.25) is 0 Å². The van der Waals surface area contributed by atoms with Crippen molar-refractivity contribution in [1.82, 2.24) is 0 Å². The van der Waals surface area contributed by atoms with Crippen molar-refractivity contribution in [2.45, 2.75) is 24.9 Å². The minimum absolute atomic E-state index is 0.269. The summed E-state index contributed by atoms with van der Waals surface area (Å²) in [7, 11) is 0. The third-order valence-corrected chi connectivity index (χ3v) is 2.40. The van der Waals surface area contributed by atoms with E-state index in [4.69, 9.17) is 4.74 Å². The maximum atomic E-state index is 5.50. The number of fused-ring (bicyclic) bond motifs is 1. The van der Waals surface area contributed by atoms with Gasteiger partial charge in [-0.1, -0.05) is 6.92 Å². The number of hydrogen-bond acceptors (Lipinski definition) is 1. The van der Waals surface area contributed by atoms with Crippen LogP contribution in [0.25, 0.3) is 0 Å². The van der Waals surface area contributed by atoms with Crippen LogP contribution in [0.5, 0.6) is 0 Å². The van der Waals surface area contributed by atoms with Gasteiger partial charge in [-0.05, 0) is 25.2 Å². The third-order valence-electron chi connectivity index (χ3n) is 2.40. The minimum Gasteiger partial charge on any atom is -0.375 e. The molecule has 1 heteroatoms. The highest BCUT2D eigenvalue weighted by Gasteiger charge is 2.50. The van der Waals surface area contributed by atoms with Crippen molar-refractivity contribution in [3.05, 3.63) is 6.92 Å². The summed E-state index contributed by atoms with van der Waals surface area (Å²) in [6.45, 7) is 4.86. The molecule has 0 atom stereocenters. The van der Waals surface area contributed by atoms with Gasteiger partial charge in [-0.2, -0.15) is 0 Å². The number of rotatable bonds is 1. The van der Waals surface area contributed by atoms with E-state index in [0.717, 1.165) is 18.9 Å². The Morgan fingerprint density at radius 1 is 1.62 bits per heavy atom. The molecular formula is C7H11O. The topological polar surface area (TPSA) is 9.23 Å². The first-order chi connectivity index (χ1) is 3.85. The third kappa shape index (κ3) is 0.408. The molecule has 0 spiro atoms. The van der Waals surface area contributed by atoms with E-state index in [1.807, 2.05) is 0 Å². The Hall–Kier alpha value is -0.0400. The van der Waals surface area contributed by atoms with Crippen molar-refractivity contribution in [2.75, 3.05) is 6.61 Å². The smallest absolute Gasteiger partial charge is 0.0689 e. The molecular weight excluding hydrogens is 100 g/mol. The van der Waals surface area contributed by atoms with Gasteiger partial charge in [0, 0.05) is 0 Å². The molecule has 3 aliphatic rings. The van der Waals surface area contributed by atoms with Crippen LogP contribution in [0.15, 0.2) is 0 Å². The fourth-order valence-corrected chi connectivity index (χ4v) is 1.80. The lowest BCUT2D eigenvalue weighted by Gasteiger charge is -2.34. The first-order valence-corrected chi connectivity index (χ1v) is 3.28. The van der Waals surface area contributed by atoms with E-state index in [9.17, 15) is 0 Å². The van der Waals surface area contributed by atoms with Crippen molar-refractivity contribution in [3.8, 4) is 0 Å². The molecule has 1 radical (unpaired) electrons. The zero-order valence-corrected chi connectivity index (χ0v) is 5.02. The van der Waals surface area contributed by atoms with E-state index < -0.39 is 0 Å². The second-order valence-electron chi connectivity index (χ2n) is 3.02. The van der Waals surface area contributed by atoms with E-state index >= 15 is 0 Å². The summed E-state index contributed by atoms with van der Waals surface area (Å²) in [5.74, 6) is 0.900. The number of ether oxygens (including phenoxy) is 1. The molecule has 0 aromatic heterocycles. The maximum Gasteiger partial charge on any atom is 0.0689 e. The predicted molar refractivity (Wildman–Crippen MR) is 31.4 cm³/mol. The Morgan fingerprint density at radius 2 is 2.38 bits per heavy atom. The predicted octanol–water partition coefficient (Wildman–Crippen LogP) is 1.39. The molecule has 2 aliphatic heterocycles. The van der Waals surface area contributed by atoms with Crippen LogP contribution in [0.2, 0.25) is 0 Å². The van der Waals surface area contributed by atoms with Crippen LogP contribution in [-0.2, 0) is 4.74 Å². The largest absolute Gasteiger partial charge is 0.375 e. The summed E-state index contributed by atoms with van der Waals surface area (Å²) in [6.07, 6.45) is 3.55. The molecule has 8 heavy (non-hydrogen) atoms. The molecule has 0 aromatic carbocycles. The SMILES string of the molecule is [CH2]CC12CC(CO1)C2. The van der Waals surface area contributed by atoms with Gasteiger partial charge in [0.25, 0.3) is 0 Å². The Morgan fingerprint density at radius 3 is 2.62 bits per heavy atom. The Bertz CT molecular complexity index is 97.4. The zero-order valence-electron chi connectivity index (χ0n) is 5.02. The fourth-order valence-electron chi connectivity index (χ4n) is 1.80. The lowest BCUT2D eigenvalue weighted by Crippen LogP contribution is -2.35. The van der Waals surface area contributed by atoms with Crippen LogP contribution < -0.4 is 0 Å². The summed E-state index contributed by atoms with van der Waals surface area (Å²) in [5.41, 5.74) is 0.269. The van der Waals surface area contributed by atoms with Crippen molar-refractivity contribution >= 4 is 0 Å². The van der Waals surface area contributed by atoms with Gasteiger partial charge in [-0.15, -0.1) is 0 Å². The standard InChI is InChI=1S/C7H11O/c1-2-7-3-6(4-7)5-8-7/h6H,1-5H2. The molecule has 2 bridgehead atoms. The molecule has 0 N–H and O–H groups in total. The molecule has 0 amide bonds. The molecule has 0 aromatic rings. The average molecular weight is 111 g/mol. The van der Waals surface area contributed by atoms with Crippen molar-refractivity contribution in [1.29, 1.82) is 0 Å². The molecule has 1 nitrogen and oxygen atoms in total. The molecule has 1 saturated carbocycles. The van der Waals surface area contributed by atoms with Gasteiger partial charge >= 0.3 is 0 Å². The summed E-state index contributed by atoms with van der Waals surface area (Å²) in [4.78, 5) is 0. The molecule has 1 aliphatic carbocycles. The average Bonchev–Trinajstić information content (AvgIpc) is 2.17. The van der Waals surface area contributed by atoms with E-state index in [2.05, 4.69) is 6.92 Å². The van der Waals surface area contributed by atoms with Crippen LogP contribution in [-0.4, -0.2) is 12.2 Å². The highest BCUT2D eigenvalue weighted by molar-refractivity contribution is 5.01. The van der Waals surface area contributed by atoms with E-state index in [-0.39, 0.29) is 5.60 Å². The lowest BCUT2D eigenvalue weighted by molar-refractivity contribution is 0.00416. The Balaban J connectivity index is 2.09. The van der Waals surface area contributed by atoms with Gasteiger partial charge in [-0.3, -0.25) is 0 Å². The molecule has 3 rings (SSSR count). The van der Waals surface area contributed by atoms with Crippen LogP contribution in [0, 0.1) is 12.8 Å². The van der Waals surface area contributed by atoms with E-state index in [1.54, 1.807) is 0 Å². The summed E-state index contributed by atoms with van der Waals surface area (Å²) in [6, 6.07) is 0. The fraction of sp³-hybridized carbons (Fsp3) is 0.857. The molecule has 45 valence electrons.